The van der Waals surface area contributed by atoms with Gasteiger partial charge in [0.1, 0.15) is 11.9 Å². The Kier molecular flexibility index (Phi) is 3.19. The molecule has 0 amide bonds. The summed E-state index contributed by atoms with van der Waals surface area (Å²) in [5.41, 5.74) is -0.109. The summed E-state index contributed by atoms with van der Waals surface area (Å²) in [6.45, 7) is 10.2. The van der Waals surface area contributed by atoms with E-state index < -0.39 is 0 Å². The summed E-state index contributed by atoms with van der Waals surface area (Å²) < 4.78 is 3.75. The fourth-order valence-electron chi connectivity index (χ4n) is 1.84. The molecule has 2 aromatic heterocycles. The smallest absolute Gasteiger partial charge is 0.152 e. The maximum Gasteiger partial charge on any atom is 0.152 e. The molecule has 1 atom stereocenters. The summed E-state index contributed by atoms with van der Waals surface area (Å²) in [5, 5.41) is 9.32. The molecule has 2 heterocycles. The van der Waals surface area contributed by atoms with Crippen molar-refractivity contribution in [1.29, 1.82) is 0 Å². The van der Waals surface area contributed by atoms with Gasteiger partial charge in [0.2, 0.25) is 0 Å². The van der Waals surface area contributed by atoms with E-state index >= 15 is 0 Å². The molecular formula is C12H18ClN5. The van der Waals surface area contributed by atoms with Crippen LogP contribution in [0.15, 0.2) is 12.4 Å². The quantitative estimate of drug-likeness (QED) is 0.841. The van der Waals surface area contributed by atoms with Crippen LogP contribution in [0.4, 0.5) is 0 Å². The first-order valence-corrected chi connectivity index (χ1v) is 6.30. The van der Waals surface area contributed by atoms with Gasteiger partial charge in [0.15, 0.2) is 5.82 Å². The van der Waals surface area contributed by atoms with Gasteiger partial charge >= 0.3 is 0 Å². The van der Waals surface area contributed by atoms with E-state index in [0.29, 0.717) is 5.02 Å². The highest BCUT2D eigenvalue weighted by atomic mass is 35.5. The van der Waals surface area contributed by atoms with Crippen molar-refractivity contribution < 1.29 is 0 Å². The van der Waals surface area contributed by atoms with Gasteiger partial charge in [0.05, 0.1) is 16.8 Å². The molecule has 2 aromatic rings. The minimum absolute atomic E-state index is 0.00192. The van der Waals surface area contributed by atoms with Gasteiger partial charge in [-0.25, -0.2) is 9.67 Å². The predicted octanol–water partition coefficient (Wildman–Crippen LogP) is 2.80. The van der Waals surface area contributed by atoms with Crippen LogP contribution >= 0.6 is 11.6 Å². The Balaban J connectivity index is 2.45. The van der Waals surface area contributed by atoms with Gasteiger partial charge in [-0.05, 0) is 34.6 Å². The summed E-state index contributed by atoms with van der Waals surface area (Å²) in [6.07, 6.45) is 3.42. The van der Waals surface area contributed by atoms with Crippen molar-refractivity contribution in [1.82, 2.24) is 24.5 Å². The normalized spacial score (nSPS) is 13.9. The van der Waals surface area contributed by atoms with Gasteiger partial charge in [-0.15, -0.1) is 0 Å². The molecule has 1 unspecified atom stereocenters. The third kappa shape index (κ3) is 2.41. The van der Waals surface area contributed by atoms with Gasteiger partial charge in [0, 0.05) is 6.20 Å². The largest absolute Gasteiger partial charge is 0.261 e. The Labute approximate surface area is 112 Å². The molecule has 0 aliphatic heterocycles. The van der Waals surface area contributed by atoms with Crippen LogP contribution in [0.1, 0.15) is 45.4 Å². The lowest BCUT2D eigenvalue weighted by molar-refractivity contribution is 0.324. The van der Waals surface area contributed by atoms with Crippen molar-refractivity contribution in [2.45, 2.75) is 46.2 Å². The highest BCUT2D eigenvalue weighted by Gasteiger charge is 2.24. The van der Waals surface area contributed by atoms with Crippen LogP contribution in [-0.2, 0) is 5.54 Å². The first-order chi connectivity index (χ1) is 8.29. The second-order valence-corrected chi connectivity index (χ2v) is 5.85. The maximum atomic E-state index is 5.90. The molecule has 0 radical (unpaired) electrons. The average Bonchev–Trinajstić information content (AvgIpc) is 2.82. The number of hydrogen-bond acceptors (Lipinski definition) is 3. The van der Waals surface area contributed by atoms with Crippen LogP contribution in [0.5, 0.6) is 0 Å². The number of aromatic nitrogens is 5. The molecule has 98 valence electrons. The number of rotatable bonds is 2. The van der Waals surface area contributed by atoms with E-state index in [1.165, 1.54) is 0 Å². The van der Waals surface area contributed by atoms with E-state index in [-0.39, 0.29) is 11.6 Å². The molecule has 2 rings (SSSR count). The minimum Gasteiger partial charge on any atom is -0.261 e. The van der Waals surface area contributed by atoms with E-state index in [1.54, 1.807) is 17.1 Å². The third-order valence-electron chi connectivity index (χ3n) is 2.71. The van der Waals surface area contributed by atoms with E-state index in [4.69, 9.17) is 11.6 Å². The SMILES string of the molecule is Cc1nc(C(C)n2cc(Cl)cn2)n(C(C)(C)C)n1. The fourth-order valence-corrected chi connectivity index (χ4v) is 1.98. The lowest BCUT2D eigenvalue weighted by Gasteiger charge is -2.23. The molecule has 6 heteroatoms. The zero-order valence-electron chi connectivity index (χ0n) is 11.3. The van der Waals surface area contributed by atoms with Gasteiger partial charge in [-0.3, -0.25) is 4.68 Å². The minimum atomic E-state index is -0.109. The van der Waals surface area contributed by atoms with E-state index in [9.17, 15) is 0 Å². The maximum absolute atomic E-state index is 5.90. The van der Waals surface area contributed by atoms with Crippen molar-refractivity contribution in [3.05, 3.63) is 29.1 Å². The standard InChI is InChI=1S/C12H18ClN5/c1-8(17-7-10(13)6-14-17)11-15-9(2)16-18(11)12(3,4)5/h6-8H,1-5H3. The Morgan fingerprint density at radius 1 is 1.33 bits per heavy atom. The number of hydrogen-bond donors (Lipinski definition) is 0. The Morgan fingerprint density at radius 3 is 2.50 bits per heavy atom. The topological polar surface area (TPSA) is 48.5 Å². The molecule has 0 aliphatic carbocycles. The van der Waals surface area contributed by atoms with Crippen LogP contribution in [0.2, 0.25) is 5.02 Å². The first kappa shape index (κ1) is 13.1. The molecule has 18 heavy (non-hydrogen) atoms. The molecule has 0 saturated carbocycles. The third-order valence-corrected chi connectivity index (χ3v) is 2.91. The molecule has 0 bridgehead atoms. The molecule has 0 fully saturated rings. The average molecular weight is 268 g/mol. The van der Waals surface area contributed by atoms with Crippen molar-refractivity contribution >= 4 is 11.6 Å². The van der Waals surface area contributed by atoms with Gasteiger partial charge in [-0.1, -0.05) is 11.6 Å². The van der Waals surface area contributed by atoms with Crippen LogP contribution in [0, 0.1) is 6.92 Å². The Morgan fingerprint density at radius 2 is 2.00 bits per heavy atom. The summed E-state index contributed by atoms with van der Waals surface area (Å²) in [4.78, 5) is 4.51. The summed E-state index contributed by atoms with van der Waals surface area (Å²) in [6, 6.07) is -0.00192. The van der Waals surface area contributed by atoms with E-state index in [0.717, 1.165) is 11.6 Å². The second kappa shape index (κ2) is 4.39. The lowest BCUT2D eigenvalue weighted by atomic mass is 10.1. The number of nitrogens with zero attached hydrogens (tertiary/aromatic N) is 5. The molecule has 0 aromatic carbocycles. The van der Waals surface area contributed by atoms with Crippen molar-refractivity contribution in [2.75, 3.05) is 0 Å². The van der Waals surface area contributed by atoms with Crippen molar-refractivity contribution in [3.8, 4) is 0 Å². The van der Waals surface area contributed by atoms with Crippen molar-refractivity contribution in [3.63, 3.8) is 0 Å². The Hall–Kier alpha value is -1.36. The van der Waals surface area contributed by atoms with Crippen LogP contribution in [0.25, 0.3) is 0 Å². The molecule has 5 nitrogen and oxygen atoms in total. The molecule has 0 spiro atoms. The molecule has 0 N–H and O–H groups in total. The lowest BCUT2D eigenvalue weighted by Crippen LogP contribution is -2.28. The highest BCUT2D eigenvalue weighted by molar-refractivity contribution is 6.30. The van der Waals surface area contributed by atoms with Gasteiger partial charge < -0.3 is 0 Å². The zero-order chi connectivity index (χ0) is 13.5. The van der Waals surface area contributed by atoms with Crippen LogP contribution in [-0.4, -0.2) is 24.5 Å². The molecule has 0 saturated heterocycles. The Bertz CT molecular complexity index is 549. The first-order valence-electron chi connectivity index (χ1n) is 5.92. The number of aryl methyl sites for hydroxylation is 1. The second-order valence-electron chi connectivity index (χ2n) is 5.41. The fraction of sp³-hybridized carbons (Fsp3) is 0.583. The van der Waals surface area contributed by atoms with E-state index in [1.807, 2.05) is 18.5 Å². The molecule has 0 aliphatic rings. The van der Waals surface area contributed by atoms with Crippen molar-refractivity contribution in [2.24, 2.45) is 0 Å². The predicted molar refractivity (Wildman–Crippen MR) is 70.8 cm³/mol. The summed E-state index contributed by atoms with van der Waals surface area (Å²) in [7, 11) is 0. The zero-order valence-corrected chi connectivity index (χ0v) is 12.1. The summed E-state index contributed by atoms with van der Waals surface area (Å²) in [5.74, 6) is 1.66. The van der Waals surface area contributed by atoms with Crippen LogP contribution < -0.4 is 0 Å². The van der Waals surface area contributed by atoms with Crippen LogP contribution in [0.3, 0.4) is 0 Å². The van der Waals surface area contributed by atoms with Gasteiger partial charge in [0.25, 0.3) is 0 Å². The summed E-state index contributed by atoms with van der Waals surface area (Å²) >= 11 is 5.90. The van der Waals surface area contributed by atoms with E-state index in [2.05, 4.69) is 36.0 Å². The monoisotopic (exact) mass is 267 g/mol. The highest BCUT2D eigenvalue weighted by Crippen LogP contribution is 2.23. The molecular weight excluding hydrogens is 250 g/mol. The number of halogens is 1. The van der Waals surface area contributed by atoms with Gasteiger partial charge in [-0.2, -0.15) is 10.2 Å².